The molecule has 3 aromatic carbocycles. The summed E-state index contributed by atoms with van der Waals surface area (Å²) in [5.41, 5.74) is 6.89. The number of rotatable bonds is 1. The van der Waals surface area contributed by atoms with Crippen molar-refractivity contribution in [1.29, 1.82) is 0 Å². The summed E-state index contributed by atoms with van der Waals surface area (Å²) in [6.07, 6.45) is 1.03. The second-order valence-electron chi connectivity index (χ2n) is 5.23. The molecule has 0 amide bonds. The molecule has 0 atom stereocenters. The first-order valence-corrected chi connectivity index (χ1v) is 7.02. The van der Waals surface area contributed by atoms with Crippen molar-refractivity contribution >= 4 is 0 Å². The summed E-state index contributed by atoms with van der Waals surface area (Å²) < 4.78 is 0. The highest BCUT2D eigenvalue weighted by Gasteiger charge is 2.19. The second kappa shape index (κ2) is 4.57. The highest BCUT2D eigenvalue weighted by atomic mass is 14.3. The number of benzene rings is 3. The molecule has 1 aliphatic carbocycles. The molecule has 0 heteroatoms. The minimum absolute atomic E-state index is 1.03. The van der Waals surface area contributed by atoms with E-state index in [4.69, 9.17) is 0 Å². The summed E-state index contributed by atoms with van der Waals surface area (Å²) in [5, 5.41) is 0. The average molecular weight is 255 g/mol. The zero-order chi connectivity index (χ0) is 13.4. The number of hydrogen-bond acceptors (Lipinski definition) is 0. The van der Waals surface area contributed by atoms with Crippen molar-refractivity contribution in [2.75, 3.05) is 0 Å². The van der Waals surface area contributed by atoms with Gasteiger partial charge in [0.15, 0.2) is 0 Å². The third-order valence-corrected chi connectivity index (χ3v) is 4.02. The molecule has 0 saturated carbocycles. The van der Waals surface area contributed by atoms with Crippen LogP contribution in [0.25, 0.3) is 0 Å². The predicted octanol–water partition coefficient (Wildman–Crippen LogP) is 4.61. The Labute approximate surface area is 119 Å². The van der Waals surface area contributed by atoms with Crippen molar-refractivity contribution in [2.45, 2.75) is 6.42 Å². The van der Waals surface area contributed by atoms with Crippen LogP contribution in [0, 0.1) is 5.92 Å². The Morgan fingerprint density at radius 2 is 1.05 bits per heavy atom. The van der Waals surface area contributed by atoms with Gasteiger partial charge in [-0.3, -0.25) is 0 Å². The molecule has 0 aliphatic heterocycles. The van der Waals surface area contributed by atoms with Crippen LogP contribution in [0.2, 0.25) is 0 Å². The first kappa shape index (κ1) is 11.4. The first-order chi connectivity index (χ1) is 9.93. The number of fused-ring (bicyclic) bond motifs is 2. The van der Waals surface area contributed by atoms with E-state index in [0.29, 0.717) is 0 Å². The summed E-state index contributed by atoms with van der Waals surface area (Å²) in [4.78, 5) is 0. The lowest BCUT2D eigenvalue weighted by molar-refractivity contribution is 1.04. The predicted molar refractivity (Wildman–Crippen MR) is 82.7 cm³/mol. The van der Waals surface area contributed by atoms with Crippen molar-refractivity contribution in [2.24, 2.45) is 0 Å². The summed E-state index contributed by atoms with van der Waals surface area (Å²) >= 11 is 0. The van der Waals surface area contributed by atoms with Gasteiger partial charge in [0.1, 0.15) is 0 Å². The maximum atomic E-state index is 2.24. The van der Waals surface area contributed by atoms with Gasteiger partial charge in [0.05, 0.1) is 0 Å². The summed E-state index contributed by atoms with van der Waals surface area (Å²) in [5.74, 6) is 1.36. The highest BCUT2D eigenvalue weighted by Crippen LogP contribution is 2.39. The second-order valence-corrected chi connectivity index (χ2v) is 5.23. The first-order valence-electron chi connectivity index (χ1n) is 7.02. The molecule has 0 radical (unpaired) electrons. The van der Waals surface area contributed by atoms with Crippen molar-refractivity contribution in [1.82, 2.24) is 0 Å². The lowest BCUT2D eigenvalue weighted by atomic mass is 9.75. The van der Waals surface area contributed by atoms with Gasteiger partial charge < -0.3 is 0 Å². The van der Waals surface area contributed by atoms with Crippen molar-refractivity contribution in [3.8, 4) is 0 Å². The van der Waals surface area contributed by atoms with E-state index in [1.807, 2.05) is 0 Å². The Morgan fingerprint density at radius 3 is 1.65 bits per heavy atom. The van der Waals surface area contributed by atoms with E-state index < -0.39 is 0 Å². The normalized spacial score (nSPS) is 12.7. The van der Waals surface area contributed by atoms with Gasteiger partial charge >= 0.3 is 0 Å². The van der Waals surface area contributed by atoms with Crippen LogP contribution in [-0.4, -0.2) is 0 Å². The van der Waals surface area contributed by atoms with Gasteiger partial charge in [0.2, 0.25) is 0 Å². The highest BCUT2D eigenvalue weighted by molar-refractivity contribution is 5.65. The molecule has 0 bridgehead atoms. The fourth-order valence-electron chi connectivity index (χ4n) is 3.10. The van der Waals surface area contributed by atoms with Gasteiger partial charge in [0.25, 0.3) is 0 Å². The van der Waals surface area contributed by atoms with E-state index in [1.165, 1.54) is 33.7 Å². The smallest absolute Gasteiger partial charge is 0.0410 e. The Hall–Kier alpha value is -2.47. The maximum absolute atomic E-state index is 2.24. The zero-order valence-electron chi connectivity index (χ0n) is 11.2. The van der Waals surface area contributed by atoms with Crippen molar-refractivity contribution in [3.63, 3.8) is 0 Å². The van der Waals surface area contributed by atoms with Gasteiger partial charge in [-0.05, 0) is 6.42 Å². The van der Waals surface area contributed by atoms with Crippen LogP contribution in [0.4, 0.5) is 0 Å². The maximum Gasteiger partial charge on any atom is -0.0410 e. The summed E-state index contributed by atoms with van der Waals surface area (Å²) in [6, 6.07) is 28.2. The van der Waals surface area contributed by atoms with Crippen LogP contribution in [0.5, 0.6) is 0 Å². The van der Waals surface area contributed by atoms with Crippen molar-refractivity contribution < 1.29 is 0 Å². The quantitative estimate of drug-likeness (QED) is 0.436. The van der Waals surface area contributed by atoms with Crippen LogP contribution < -0.4 is 0 Å². The Kier molecular flexibility index (Phi) is 2.60. The molecule has 3 aromatic rings. The molecular formula is C20H15-. The van der Waals surface area contributed by atoms with Gasteiger partial charge in [-0.1, -0.05) is 113 Å². The summed E-state index contributed by atoms with van der Waals surface area (Å²) in [6.45, 7) is 0. The van der Waals surface area contributed by atoms with E-state index in [9.17, 15) is 0 Å². The molecule has 0 unspecified atom stereocenters. The Balaban J connectivity index is 1.98. The minimum atomic E-state index is 1.03. The largest absolute Gasteiger partial charge is 0.0999 e. The number of hydrogen-bond donors (Lipinski definition) is 0. The molecule has 0 spiro atoms. The minimum Gasteiger partial charge on any atom is -0.0999 e. The fraction of sp³-hybridized carbons (Fsp3) is 0.0500. The lowest BCUT2D eigenvalue weighted by Crippen LogP contribution is -2.15. The molecule has 0 N–H and O–H groups in total. The lowest BCUT2D eigenvalue weighted by Gasteiger charge is -2.34. The zero-order valence-corrected chi connectivity index (χ0v) is 11.2. The fourth-order valence-corrected chi connectivity index (χ4v) is 3.10. The van der Waals surface area contributed by atoms with Crippen LogP contribution in [0.15, 0.2) is 78.9 Å². The molecular weight excluding hydrogens is 240 g/mol. The molecule has 96 valence electrons. The van der Waals surface area contributed by atoms with Gasteiger partial charge in [-0.15, -0.1) is 0 Å². The molecule has 0 nitrogen and oxygen atoms in total. The van der Waals surface area contributed by atoms with Crippen LogP contribution in [0.1, 0.15) is 27.8 Å². The SMILES string of the molecule is c1ccc([C-]2c3ccccc3Cc3ccccc32)cc1. The molecule has 1 aliphatic rings. The van der Waals surface area contributed by atoms with E-state index >= 15 is 0 Å². The van der Waals surface area contributed by atoms with Gasteiger partial charge in [-0.2, -0.15) is 0 Å². The molecule has 20 heavy (non-hydrogen) atoms. The van der Waals surface area contributed by atoms with Gasteiger partial charge in [-0.25, -0.2) is 0 Å². The van der Waals surface area contributed by atoms with Gasteiger partial charge in [0, 0.05) is 0 Å². The summed E-state index contributed by atoms with van der Waals surface area (Å²) in [7, 11) is 0. The average Bonchev–Trinajstić information content (AvgIpc) is 2.53. The van der Waals surface area contributed by atoms with Crippen LogP contribution in [-0.2, 0) is 6.42 Å². The van der Waals surface area contributed by atoms with Crippen LogP contribution >= 0.6 is 0 Å². The molecule has 0 fully saturated rings. The topological polar surface area (TPSA) is 0 Å². The van der Waals surface area contributed by atoms with Crippen LogP contribution in [0.3, 0.4) is 0 Å². The third-order valence-electron chi connectivity index (χ3n) is 4.02. The molecule has 0 aromatic heterocycles. The monoisotopic (exact) mass is 255 g/mol. The Morgan fingerprint density at radius 1 is 0.550 bits per heavy atom. The van der Waals surface area contributed by atoms with E-state index in [1.54, 1.807) is 0 Å². The standard InChI is InChI=1S/C20H15/c1-2-8-15(9-3-1)20-18-12-6-4-10-16(18)14-17-11-5-7-13-19(17)20/h1-13H,14H2/q-1. The molecule has 4 rings (SSSR count). The molecule has 0 saturated heterocycles. The van der Waals surface area contributed by atoms with E-state index in [0.717, 1.165) is 6.42 Å². The van der Waals surface area contributed by atoms with E-state index in [2.05, 4.69) is 78.9 Å². The van der Waals surface area contributed by atoms with E-state index in [-0.39, 0.29) is 0 Å². The van der Waals surface area contributed by atoms with Crippen molar-refractivity contribution in [3.05, 3.63) is 113 Å². The molecule has 0 heterocycles. The Bertz CT molecular complexity index is 695. The third kappa shape index (κ3) is 1.73.